The smallest absolute Gasteiger partial charge is 0.310 e. The van der Waals surface area contributed by atoms with Crippen LogP contribution in [0.25, 0.3) is 0 Å². The predicted octanol–water partition coefficient (Wildman–Crippen LogP) is 3.97. The van der Waals surface area contributed by atoms with E-state index < -0.39 is 0 Å². The summed E-state index contributed by atoms with van der Waals surface area (Å²) in [6, 6.07) is 11.1. The molecule has 3 atom stereocenters. The second kappa shape index (κ2) is 8.14. The van der Waals surface area contributed by atoms with Crippen molar-refractivity contribution in [2.75, 3.05) is 13.2 Å². The Kier molecular flexibility index (Phi) is 6.20. The quantitative estimate of drug-likeness (QED) is 0.564. The predicted molar refractivity (Wildman–Crippen MR) is 89.5 cm³/mol. The van der Waals surface area contributed by atoms with Crippen LogP contribution < -0.4 is 0 Å². The summed E-state index contributed by atoms with van der Waals surface area (Å²) in [4.78, 5) is 14.8. The van der Waals surface area contributed by atoms with Crippen LogP contribution in [-0.4, -0.2) is 30.1 Å². The summed E-state index contributed by atoms with van der Waals surface area (Å²) in [6.45, 7) is 9.38. The molecule has 1 heterocycles. The summed E-state index contributed by atoms with van der Waals surface area (Å²) in [5, 5.41) is 0. The zero-order chi connectivity index (χ0) is 15.9. The van der Waals surface area contributed by atoms with Gasteiger partial charge in [-0.15, -0.1) is 6.58 Å². The van der Waals surface area contributed by atoms with Crippen LogP contribution >= 0.6 is 0 Å². The highest BCUT2D eigenvalue weighted by atomic mass is 16.5. The molecule has 0 radical (unpaired) electrons. The normalized spacial score (nSPS) is 21.3. The molecule has 22 heavy (non-hydrogen) atoms. The molecule has 1 fully saturated rings. The van der Waals surface area contributed by atoms with Gasteiger partial charge < -0.3 is 4.74 Å². The first-order valence-electron chi connectivity index (χ1n) is 8.27. The van der Waals surface area contributed by atoms with Crippen LogP contribution in [0.2, 0.25) is 0 Å². The number of hydrogen-bond acceptors (Lipinski definition) is 3. The van der Waals surface area contributed by atoms with E-state index in [1.54, 1.807) is 0 Å². The molecular formula is C19H27NO2. The number of rotatable bonds is 7. The van der Waals surface area contributed by atoms with Crippen LogP contribution in [0.4, 0.5) is 0 Å². The SMILES string of the molecule is C=CC[C@@H](C(=O)OCC)[C@H]1CCCN1[C@@H](C)c1ccccc1. The van der Waals surface area contributed by atoms with Crippen LogP contribution in [0.1, 0.15) is 44.7 Å². The first-order chi connectivity index (χ1) is 10.7. The molecular weight excluding hydrogens is 274 g/mol. The summed E-state index contributed by atoms with van der Waals surface area (Å²) in [6.07, 6.45) is 4.70. The van der Waals surface area contributed by atoms with Gasteiger partial charge in [0, 0.05) is 12.1 Å². The lowest BCUT2D eigenvalue weighted by atomic mass is 9.92. The minimum absolute atomic E-state index is 0.0837. The van der Waals surface area contributed by atoms with E-state index in [-0.39, 0.29) is 17.9 Å². The molecule has 0 saturated carbocycles. The van der Waals surface area contributed by atoms with Crippen molar-refractivity contribution >= 4 is 5.97 Å². The third-order valence-corrected chi connectivity index (χ3v) is 4.60. The van der Waals surface area contributed by atoms with Gasteiger partial charge in [0.1, 0.15) is 0 Å². The maximum Gasteiger partial charge on any atom is 0.310 e. The Labute approximate surface area is 134 Å². The van der Waals surface area contributed by atoms with Crippen LogP contribution in [0.15, 0.2) is 43.0 Å². The molecule has 0 unspecified atom stereocenters. The summed E-state index contributed by atoms with van der Waals surface area (Å²) < 4.78 is 5.29. The minimum Gasteiger partial charge on any atom is -0.466 e. The van der Waals surface area contributed by atoms with Gasteiger partial charge in [0.05, 0.1) is 12.5 Å². The number of esters is 1. The number of benzene rings is 1. The van der Waals surface area contributed by atoms with Crippen molar-refractivity contribution in [3.8, 4) is 0 Å². The summed E-state index contributed by atoms with van der Waals surface area (Å²) in [5.41, 5.74) is 1.30. The van der Waals surface area contributed by atoms with Crippen molar-refractivity contribution in [2.24, 2.45) is 5.92 Å². The number of likely N-dealkylation sites (tertiary alicyclic amines) is 1. The Hall–Kier alpha value is -1.61. The summed E-state index contributed by atoms with van der Waals surface area (Å²) in [5.74, 6) is -0.189. The van der Waals surface area contributed by atoms with Gasteiger partial charge in [0.2, 0.25) is 0 Å². The van der Waals surface area contributed by atoms with E-state index in [1.165, 1.54) is 5.56 Å². The number of ether oxygens (including phenoxy) is 1. The highest BCUT2D eigenvalue weighted by Gasteiger charge is 2.38. The third-order valence-electron chi connectivity index (χ3n) is 4.60. The van der Waals surface area contributed by atoms with E-state index in [2.05, 4.69) is 42.7 Å². The van der Waals surface area contributed by atoms with Crippen molar-refractivity contribution < 1.29 is 9.53 Å². The molecule has 0 amide bonds. The monoisotopic (exact) mass is 301 g/mol. The Bertz CT molecular complexity index is 485. The second-order valence-electron chi connectivity index (χ2n) is 5.92. The standard InChI is InChI=1S/C19H27NO2/c1-4-10-17(19(21)22-5-2)18-13-9-14-20(18)15(3)16-11-7-6-8-12-16/h4,6-8,11-12,15,17-18H,1,5,9-10,13-14H2,2-3H3/t15-,17+,18+/m0/s1. The van der Waals surface area contributed by atoms with Gasteiger partial charge in [-0.1, -0.05) is 36.4 Å². The van der Waals surface area contributed by atoms with E-state index in [0.29, 0.717) is 19.1 Å². The average Bonchev–Trinajstić information content (AvgIpc) is 3.02. The highest BCUT2D eigenvalue weighted by molar-refractivity contribution is 5.73. The van der Waals surface area contributed by atoms with Gasteiger partial charge in [-0.05, 0) is 45.2 Å². The van der Waals surface area contributed by atoms with Gasteiger partial charge in [-0.25, -0.2) is 0 Å². The zero-order valence-corrected chi connectivity index (χ0v) is 13.7. The number of nitrogens with zero attached hydrogens (tertiary/aromatic N) is 1. The molecule has 3 nitrogen and oxygen atoms in total. The molecule has 1 aromatic carbocycles. The Morgan fingerprint density at radius 1 is 1.45 bits per heavy atom. The van der Waals surface area contributed by atoms with Crippen LogP contribution in [-0.2, 0) is 9.53 Å². The molecule has 120 valence electrons. The van der Waals surface area contributed by atoms with Crippen molar-refractivity contribution in [1.29, 1.82) is 0 Å². The molecule has 0 N–H and O–H groups in total. The fraction of sp³-hybridized carbons (Fsp3) is 0.526. The van der Waals surface area contributed by atoms with Crippen molar-refractivity contribution in [3.63, 3.8) is 0 Å². The van der Waals surface area contributed by atoms with Gasteiger partial charge in [-0.3, -0.25) is 9.69 Å². The maximum absolute atomic E-state index is 12.3. The molecule has 1 saturated heterocycles. The van der Waals surface area contributed by atoms with Gasteiger partial charge in [-0.2, -0.15) is 0 Å². The maximum atomic E-state index is 12.3. The molecule has 0 spiro atoms. The average molecular weight is 301 g/mol. The Morgan fingerprint density at radius 3 is 2.82 bits per heavy atom. The second-order valence-corrected chi connectivity index (χ2v) is 5.92. The van der Waals surface area contributed by atoms with E-state index >= 15 is 0 Å². The highest BCUT2D eigenvalue weighted by Crippen LogP contribution is 2.34. The van der Waals surface area contributed by atoms with Gasteiger partial charge >= 0.3 is 5.97 Å². The summed E-state index contributed by atoms with van der Waals surface area (Å²) in [7, 11) is 0. The largest absolute Gasteiger partial charge is 0.466 e. The number of carbonyl (C=O) groups excluding carboxylic acids is 1. The van der Waals surface area contributed by atoms with Gasteiger partial charge in [0.15, 0.2) is 0 Å². The first-order valence-corrected chi connectivity index (χ1v) is 8.27. The lowest BCUT2D eigenvalue weighted by Crippen LogP contribution is -2.41. The molecule has 1 aliphatic heterocycles. The lowest BCUT2D eigenvalue weighted by molar-refractivity contribution is -0.150. The number of allylic oxidation sites excluding steroid dienone is 1. The number of hydrogen-bond donors (Lipinski definition) is 0. The third kappa shape index (κ3) is 3.77. The first kappa shape index (κ1) is 16.8. The Morgan fingerprint density at radius 2 is 2.18 bits per heavy atom. The minimum atomic E-state index is -0.105. The molecule has 3 heteroatoms. The van der Waals surface area contributed by atoms with Crippen molar-refractivity contribution in [2.45, 2.75) is 45.2 Å². The molecule has 0 aliphatic carbocycles. The Balaban J connectivity index is 2.17. The zero-order valence-electron chi connectivity index (χ0n) is 13.7. The summed E-state index contributed by atoms with van der Waals surface area (Å²) >= 11 is 0. The van der Waals surface area contributed by atoms with Gasteiger partial charge in [0.25, 0.3) is 0 Å². The van der Waals surface area contributed by atoms with E-state index in [0.717, 1.165) is 19.4 Å². The molecule has 1 aromatic rings. The van der Waals surface area contributed by atoms with Crippen LogP contribution in [0, 0.1) is 5.92 Å². The molecule has 1 aliphatic rings. The van der Waals surface area contributed by atoms with Crippen LogP contribution in [0.3, 0.4) is 0 Å². The molecule has 2 rings (SSSR count). The topological polar surface area (TPSA) is 29.5 Å². The van der Waals surface area contributed by atoms with Crippen LogP contribution in [0.5, 0.6) is 0 Å². The van der Waals surface area contributed by atoms with E-state index in [4.69, 9.17) is 4.74 Å². The lowest BCUT2D eigenvalue weighted by Gasteiger charge is -2.34. The molecule has 0 bridgehead atoms. The van der Waals surface area contributed by atoms with Crippen molar-refractivity contribution in [3.05, 3.63) is 48.6 Å². The molecule has 0 aromatic heterocycles. The fourth-order valence-corrected chi connectivity index (χ4v) is 3.49. The van der Waals surface area contributed by atoms with E-state index in [1.807, 2.05) is 19.1 Å². The number of carbonyl (C=O) groups is 1. The van der Waals surface area contributed by atoms with E-state index in [9.17, 15) is 4.79 Å². The fourth-order valence-electron chi connectivity index (χ4n) is 3.49. The van der Waals surface area contributed by atoms with Crippen molar-refractivity contribution in [1.82, 2.24) is 4.90 Å².